The van der Waals surface area contributed by atoms with E-state index in [2.05, 4.69) is 120 Å². The van der Waals surface area contributed by atoms with Crippen molar-refractivity contribution in [3.8, 4) is 23.0 Å². The minimum atomic E-state index is 0.358. The Hall–Kier alpha value is -4.90. The van der Waals surface area contributed by atoms with Crippen LogP contribution in [0.2, 0.25) is 0 Å². The summed E-state index contributed by atoms with van der Waals surface area (Å²) in [7, 11) is 0. The van der Waals surface area contributed by atoms with E-state index in [9.17, 15) is 0 Å². The van der Waals surface area contributed by atoms with Crippen LogP contribution in [-0.4, -0.2) is 14.1 Å². The van der Waals surface area contributed by atoms with Gasteiger partial charge in [0.1, 0.15) is 23.0 Å². The molecule has 0 saturated heterocycles. The lowest BCUT2D eigenvalue weighted by atomic mass is 10.1. The molecule has 0 unspecified atom stereocenters. The maximum Gasteiger partial charge on any atom is 0.250 e. The second-order valence-electron chi connectivity index (χ2n) is 10.3. The second-order valence-corrected chi connectivity index (χ2v) is 10.3. The Morgan fingerprint density at radius 2 is 1.49 bits per heavy atom. The highest BCUT2D eigenvalue weighted by molar-refractivity contribution is 6.09. The van der Waals surface area contributed by atoms with Crippen molar-refractivity contribution in [3.05, 3.63) is 121 Å². The van der Waals surface area contributed by atoms with Gasteiger partial charge in [-0.15, -0.1) is 0 Å². The van der Waals surface area contributed by atoms with Gasteiger partial charge in [-0.2, -0.15) is 4.57 Å². The number of hydrogen-bond donors (Lipinski definition) is 0. The van der Waals surface area contributed by atoms with Crippen LogP contribution in [0.3, 0.4) is 0 Å². The van der Waals surface area contributed by atoms with Crippen LogP contribution < -0.4 is 9.30 Å². The first kappa shape index (κ1) is 23.2. The average Bonchev–Trinajstić information content (AvgIpc) is 3.50. The monoisotopic (exact) mass is 509 g/mol. The molecule has 0 fully saturated rings. The highest BCUT2D eigenvalue weighted by Crippen LogP contribution is 2.35. The maximum absolute atomic E-state index is 6.47. The summed E-state index contributed by atoms with van der Waals surface area (Å²) in [4.78, 5) is 4.70. The van der Waals surface area contributed by atoms with Crippen molar-refractivity contribution in [2.45, 2.75) is 26.8 Å². The Balaban J connectivity index is 1.32. The van der Waals surface area contributed by atoms with Crippen LogP contribution in [0.25, 0.3) is 44.3 Å². The number of ether oxygens (including phenoxy) is 1. The smallest absolute Gasteiger partial charge is 0.250 e. The van der Waals surface area contributed by atoms with Crippen molar-refractivity contribution in [2.24, 2.45) is 0 Å². The number of pyridine rings is 1. The van der Waals surface area contributed by atoms with E-state index in [4.69, 9.17) is 9.72 Å². The van der Waals surface area contributed by atoms with Crippen molar-refractivity contribution in [1.29, 1.82) is 0 Å². The fourth-order valence-electron chi connectivity index (χ4n) is 5.49. The van der Waals surface area contributed by atoms with Crippen molar-refractivity contribution < 1.29 is 9.30 Å². The van der Waals surface area contributed by atoms with E-state index < -0.39 is 0 Å². The van der Waals surface area contributed by atoms with Crippen molar-refractivity contribution >= 4 is 32.8 Å². The number of hydrogen-bond acceptors (Lipinski definition) is 2. The van der Waals surface area contributed by atoms with Crippen LogP contribution in [0.4, 0.5) is 0 Å². The molecule has 0 aliphatic carbocycles. The van der Waals surface area contributed by atoms with Gasteiger partial charge in [0, 0.05) is 29.1 Å². The van der Waals surface area contributed by atoms with Gasteiger partial charge in [0.05, 0.1) is 17.1 Å². The summed E-state index contributed by atoms with van der Waals surface area (Å²) in [5, 5.41) is 2.37. The summed E-state index contributed by atoms with van der Waals surface area (Å²) in [6.07, 6.45) is 4.04. The van der Waals surface area contributed by atoms with Gasteiger partial charge in [0.15, 0.2) is 11.0 Å². The molecule has 0 N–H and O–H groups in total. The normalized spacial score (nSPS) is 11.7. The highest BCUT2D eigenvalue weighted by atomic mass is 16.5. The maximum atomic E-state index is 6.47. The van der Waals surface area contributed by atoms with Crippen molar-refractivity contribution in [3.63, 3.8) is 0 Å². The van der Waals surface area contributed by atoms with E-state index in [1.54, 1.807) is 0 Å². The molecule has 0 aliphatic heterocycles. The first-order valence-corrected chi connectivity index (χ1v) is 13.3. The van der Waals surface area contributed by atoms with Gasteiger partial charge in [-0.3, -0.25) is 4.57 Å². The standard InChI is InChI=1S/C34H29N4O/c1-23(2)36-22-37(32-14-7-6-13-31(32)36)25-9-8-10-26(20-25)39-27-15-16-29-28-11-4-5-12-30(28)38(33(29)21-27)34-19-24(3)17-18-35-34/h4-23H,1-3H3/q+1. The van der Waals surface area contributed by atoms with Gasteiger partial charge in [0.2, 0.25) is 6.33 Å². The van der Waals surface area contributed by atoms with Crippen LogP contribution in [-0.2, 0) is 0 Å². The third kappa shape index (κ3) is 3.94. The summed E-state index contributed by atoms with van der Waals surface area (Å²) < 4.78 is 13.2. The van der Waals surface area contributed by atoms with Gasteiger partial charge in [-0.1, -0.05) is 36.4 Å². The second kappa shape index (κ2) is 9.14. The van der Waals surface area contributed by atoms with E-state index >= 15 is 0 Å². The van der Waals surface area contributed by atoms with E-state index in [1.807, 2.05) is 30.5 Å². The van der Waals surface area contributed by atoms with Crippen molar-refractivity contribution in [2.75, 3.05) is 0 Å². The molecular weight excluding hydrogens is 480 g/mol. The fourth-order valence-corrected chi connectivity index (χ4v) is 5.49. The molecule has 5 nitrogen and oxygen atoms in total. The third-order valence-electron chi connectivity index (χ3n) is 7.32. The van der Waals surface area contributed by atoms with Crippen LogP contribution in [0.1, 0.15) is 25.5 Å². The van der Waals surface area contributed by atoms with E-state index in [0.717, 1.165) is 34.0 Å². The van der Waals surface area contributed by atoms with Crippen LogP contribution >= 0.6 is 0 Å². The first-order chi connectivity index (χ1) is 19.1. The third-order valence-corrected chi connectivity index (χ3v) is 7.32. The van der Waals surface area contributed by atoms with E-state index in [1.165, 1.54) is 27.4 Å². The summed E-state index contributed by atoms with van der Waals surface area (Å²) in [5.74, 6) is 2.47. The SMILES string of the molecule is Cc1ccnc(-n2c3ccccc3c3ccc(Oc4cccc(-n5c[n+](C(C)C)c6ccccc65)c4)cc32)c1. The Bertz CT molecular complexity index is 2000. The molecule has 0 atom stereocenters. The Labute approximate surface area is 227 Å². The Morgan fingerprint density at radius 1 is 0.718 bits per heavy atom. The lowest BCUT2D eigenvalue weighted by molar-refractivity contribution is -0.691. The molecule has 0 radical (unpaired) electrons. The van der Waals surface area contributed by atoms with Gasteiger partial charge < -0.3 is 4.74 Å². The van der Waals surface area contributed by atoms with Gasteiger partial charge in [0.25, 0.3) is 0 Å². The number of benzene rings is 4. The topological polar surface area (TPSA) is 35.9 Å². The van der Waals surface area contributed by atoms with Crippen LogP contribution in [0, 0.1) is 6.92 Å². The number of fused-ring (bicyclic) bond motifs is 4. The predicted octanol–water partition coefficient (Wildman–Crippen LogP) is 8.09. The van der Waals surface area contributed by atoms with Gasteiger partial charge in [-0.05, 0) is 80.9 Å². The molecule has 3 heterocycles. The largest absolute Gasteiger partial charge is 0.457 e. The number of nitrogens with zero attached hydrogens (tertiary/aromatic N) is 4. The molecule has 0 bridgehead atoms. The Morgan fingerprint density at radius 3 is 2.33 bits per heavy atom. The summed E-state index contributed by atoms with van der Waals surface area (Å²) in [6.45, 7) is 6.51. The van der Waals surface area contributed by atoms with E-state index in [-0.39, 0.29) is 0 Å². The number of para-hydroxylation sites is 3. The molecule has 5 heteroatoms. The van der Waals surface area contributed by atoms with Crippen LogP contribution in [0.15, 0.2) is 116 Å². The van der Waals surface area contributed by atoms with Crippen LogP contribution in [0.5, 0.6) is 11.5 Å². The highest BCUT2D eigenvalue weighted by Gasteiger charge is 2.19. The molecule has 39 heavy (non-hydrogen) atoms. The number of aromatic nitrogens is 4. The molecular formula is C34H29N4O+. The average molecular weight is 510 g/mol. The molecule has 0 aliphatic rings. The molecule has 0 saturated carbocycles. The molecule has 0 amide bonds. The zero-order valence-corrected chi connectivity index (χ0v) is 22.2. The molecule has 4 aromatic carbocycles. The summed E-state index contributed by atoms with van der Waals surface area (Å²) >= 11 is 0. The number of imidazole rings is 1. The molecule has 7 aromatic rings. The van der Waals surface area contributed by atoms with Gasteiger partial charge in [-0.25, -0.2) is 9.55 Å². The van der Waals surface area contributed by atoms with Crippen molar-refractivity contribution in [1.82, 2.24) is 14.1 Å². The zero-order chi connectivity index (χ0) is 26.5. The first-order valence-electron chi connectivity index (χ1n) is 13.3. The van der Waals surface area contributed by atoms with Gasteiger partial charge >= 0.3 is 0 Å². The molecule has 7 rings (SSSR count). The quantitative estimate of drug-likeness (QED) is 0.220. The predicted molar refractivity (Wildman–Crippen MR) is 157 cm³/mol. The lowest BCUT2D eigenvalue weighted by Crippen LogP contribution is -2.34. The number of aryl methyl sites for hydroxylation is 1. The minimum absolute atomic E-state index is 0.358. The summed E-state index contributed by atoms with van der Waals surface area (Å²) in [5.41, 5.74) is 6.80. The molecule has 190 valence electrons. The van der Waals surface area contributed by atoms with E-state index in [0.29, 0.717) is 6.04 Å². The summed E-state index contributed by atoms with van der Waals surface area (Å²) in [6, 6.07) is 36.1. The minimum Gasteiger partial charge on any atom is -0.457 e. The Kier molecular flexibility index (Phi) is 5.44. The molecule has 0 spiro atoms. The molecule has 3 aromatic heterocycles. The fraction of sp³-hybridized carbons (Fsp3) is 0.118. The lowest BCUT2D eigenvalue weighted by Gasteiger charge is -2.10. The zero-order valence-electron chi connectivity index (χ0n) is 22.2. The number of rotatable bonds is 5.